The number of amides is 1. The van der Waals surface area contributed by atoms with Crippen molar-refractivity contribution in [3.63, 3.8) is 0 Å². The maximum absolute atomic E-state index is 12.2. The molecule has 2 aromatic carbocycles. The van der Waals surface area contributed by atoms with Gasteiger partial charge in [-0.1, -0.05) is 12.1 Å². The van der Waals surface area contributed by atoms with E-state index >= 15 is 0 Å². The third-order valence-corrected chi connectivity index (χ3v) is 4.13. The zero-order valence-electron chi connectivity index (χ0n) is 15.5. The summed E-state index contributed by atoms with van der Waals surface area (Å²) in [6.07, 6.45) is -0.378. The summed E-state index contributed by atoms with van der Waals surface area (Å²) in [5, 5.41) is 16.3. The van der Waals surface area contributed by atoms with E-state index in [0.717, 1.165) is 6.07 Å². The summed E-state index contributed by atoms with van der Waals surface area (Å²) >= 11 is 0. The Balaban J connectivity index is 1.50. The minimum absolute atomic E-state index is 0.0323. The molecule has 10 nitrogen and oxygen atoms in total. The molecule has 152 valence electrons. The van der Waals surface area contributed by atoms with Crippen LogP contribution in [0.25, 0.3) is 0 Å². The van der Waals surface area contributed by atoms with Gasteiger partial charge in [-0.3, -0.25) is 14.9 Å². The van der Waals surface area contributed by atoms with Gasteiger partial charge in [0.15, 0.2) is 18.1 Å². The second-order valence-corrected chi connectivity index (χ2v) is 6.11. The molecule has 29 heavy (non-hydrogen) atoms. The fourth-order valence-electron chi connectivity index (χ4n) is 2.68. The van der Waals surface area contributed by atoms with Crippen LogP contribution in [0.15, 0.2) is 42.5 Å². The van der Waals surface area contributed by atoms with Crippen molar-refractivity contribution in [3.05, 3.63) is 58.1 Å². The molecule has 1 aliphatic rings. The summed E-state index contributed by atoms with van der Waals surface area (Å²) in [7, 11) is 1.56. The number of carbonyl (C=O) groups excluding carboxylic acids is 2. The van der Waals surface area contributed by atoms with E-state index in [-0.39, 0.29) is 30.5 Å². The molecule has 0 saturated heterocycles. The Morgan fingerprint density at radius 3 is 2.72 bits per heavy atom. The molecular weight excluding hydrogens is 382 g/mol. The van der Waals surface area contributed by atoms with Crippen molar-refractivity contribution in [3.8, 4) is 11.5 Å². The summed E-state index contributed by atoms with van der Waals surface area (Å²) in [6.45, 7) is -0.0889. The number of para-hydroxylation sites is 2. The van der Waals surface area contributed by atoms with Crippen molar-refractivity contribution in [1.29, 1.82) is 0 Å². The zero-order valence-corrected chi connectivity index (χ0v) is 15.5. The van der Waals surface area contributed by atoms with Crippen molar-refractivity contribution < 1.29 is 28.7 Å². The molecule has 0 fully saturated rings. The first-order valence-electron chi connectivity index (χ1n) is 8.76. The highest BCUT2D eigenvalue weighted by Gasteiger charge is 2.22. The van der Waals surface area contributed by atoms with Gasteiger partial charge in [0.1, 0.15) is 12.7 Å². The molecule has 0 aromatic heterocycles. The fraction of sp³-hybridized carbons (Fsp3) is 0.263. The largest absolute Gasteiger partial charge is 0.486 e. The van der Waals surface area contributed by atoms with Gasteiger partial charge < -0.3 is 24.8 Å². The molecular formula is C19H19N3O7. The summed E-state index contributed by atoms with van der Waals surface area (Å²) < 4.78 is 16.3. The van der Waals surface area contributed by atoms with Gasteiger partial charge in [-0.2, -0.15) is 0 Å². The standard InChI is InChI=1S/C19H19N3O7/c1-20-15-7-6-12(22(25)26)8-14(15)19(24)28-11-18(23)21-9-13-10-27-16-4-2-3-5-17(16)29-13/h2-8,13,20H,9-11H2,1H3,(H,21,23)/t13-/m1/s1. The predicted molar refractivity (Wildman–Crippen MR) is 102 cm³/mol. The van der Waals surface area contributed by atoms with Gasteiger partial charge in [0.05, 0.1) is 17.0 Å². The van der Waals surface area contributed by atoms with E-state index in [2.05, 4.69) is 10.6 Å². The quantitative estimate of drug-likeness (QED) is 0.408. The van der Waals surface area contributed by atoms with Gasteiger partial charge in [-0.15, -0.1) is 0 Å². The number of nitro benzene ring substituents is 1. The van der Waals surface area contributed by atoms with Crippen molar-refractivity contribution in [2.45, 2.75) is 6.10 Å². The van der Waals surface area contributed by atoms with Crippen LogP contribution in [0.5, 0.6) is 11.5 Å². The van der Waals surface area contributed by atoms with Gasteiger partial charge in [0.25, 0.3) is 11.6 Å². The molecule has 0 saturated carbocycles. The van der Waals surface area contributed by atoms with Crippen LogP contribution in [0.3, 0.4) is 0 Å². The Morgan fingerprint density at radius 2 is 2.00 bits per heavy atom. The number of esters is 1. The van der Waals surface area contributed by atoms with Gasteiger partial charge in [0, 0.05) is 24.9 Å². The van der Waals surface area contributed by atoms with Gasteiger partial charge in [-0.05, 0) is 18.2 Å². The summed E-state index contributed by atoms with van der Waals surface area (Å²) in [6, 6.07) is 11.0. The van der Waals surface area contributed by atoms with Crippen LogP contribution in [0.2, 0.25) is 0 Å². The van der Waals surface area contributed by atoms with Crippen LogP contribution in [0.4, 0.5) is 11.4 Å². The average Bonchev–Trinajstić information content (AvgIpc) is 2.75. The van der Waals surface area contributed by atoms with E-state index in [1.165, 1.54) is 12.1 Å². The number of rotatable bonds is 7. The molecule has 0 spiro atoms. The van der Waals surface area contributed by atoms with E-state index < -0.39 is 23.4 Å². The Labute approximate surface area is 165 Å². The number of nitrogens with one attached hydrogen (secondary N) is 2. The Morgan fingerprint density at radius 1 is 1.24 bits per heavy atom. The van der Waals surface area contributed by atoms with Crippen LogP contribution in [-0.2, 0) is 9.53 Å². The summed E-state index contributed by atoms with van der Waals surface area (Å²) in [4.78, 5) is 34.5. The minimum Gasteiger partial charge on any atom is -0.486 e. The number of hydrogen-bond acceptors (Lipinski definition) is 8. The first kappa shape index (κ1) is 19.9. The minimum atomic E-state index is -0.848. The molecule has 1 amide bonds. The highest BCUT2D eigenvalue weighted by molar-refractivity contribution is 5.97. The Bertz CT molecular complexity index is 932. The molecule has 0 aliphatic carbocycles. The van der Waals surface area contributed by atoms with Crippen LogP contribution in [0.1, 0.15) is 10.4 Å². The lowest BCUT2D eigenvalue weighted by atomic mass is 10.1. The van der Waals surface area contributed by atoms with Crippen LogP contribution >= 0.6 is 0 Å². The SMILES string of the molecule is CNc1ccc([N+](=O)[O-])cc1C(=O)OCC(=O)NC[C@@H]1COc2ccccc2O1. The highest BCUT2D eigenvalue weighted by Crippen LogP contribution is 2.30. The fourth-order valence-corrected chi connectivity index (χ4v) is 2.68. The second-order valence-electron chi connectivity index (χ2n) is 6.11. The maximum Gasteiger partial charge on any atom is 0.341 e. The molecule has 0 radical (unpaired) electrons. The number of nitrogens with zero attached hydrogens (tertiary/aromatic N) is 1. The molecule has 2 N–H and O–H groups in total. The van der Waals surface area contributed by atoms with Crippen molar-refractivity contribution in [1.82, 2.24) is 5.32 Å². The molecule has 1 aliphatic heterocycles. The first-order chi connectivity index (χ1) is 14.0. The summed E-state index contributed by atoms with van der Waals surface area (Å²) in [5.74, 6) is -0.146. The van der Waals surface area contributed by atoms with Crippen molar-refractivity contribution in [2.24, 2.45) is 0 Å². The van der Waals surface area contributed by atoms with Crippen LogP contribution in [-0.4, -0.2) is 49.7 Å². The molecule has 0 bridgehead atoms. The van der Waals surface area contributed by atoms with Crippen LogP contribution < -0.4 is 20.1 Å². The van der Waals surface area contributed by atoms with Crippen molar-refractivity contribution >= 4 is 23.3 Å². The monoisotopic (exact) mass is 401 g/mol. The van der Waals surface area contributed by atoms with Gasteiger partial charge in [-0.25, -0.2) is 4.79 Å². The number of ether oxygens (including phenoxy) is 3. The lowest BCUT2D eigenvalue weighted by Crippen LogP contribution is -2.42. The van der Waals surface area contributed by atoms with Crippen LogP contribution in [0, 0.1) is 10.1 Å². The van der Waals surface area contributed by atoms with Crippen molar-refractivity contribution in [2.75, 3.05) is 32.1 Å². The number of hydrogen-bond donors (Lipinski definition) is 2. The number of non-ortho nitro benzene ring substituents is 1. The number of fused-ring (bicyclic) bond motifs is 1. The van der Waals surface area contributed by atoms with E-state index in [1.807, 2.05) is 12.1 Å². The molecule has 10 heteroatoms. The molecule has 2 aromatic rings. The molecule has 0 unspecified atom stereocenters. The van der Waals surface area contributed by atoms with Gasteiger partial charge >= 0.3 is 5.97 Å². The number of anilines is 1. The molecule has 3 rings (SSSR count). The third-order valence-electron chi connectivity index (χ3n) is 4.13. The van der Waals surface area contributed by atoms with E-state index in [9.17, 15) is 19.7 Å². The third kappa shape index (κ3) is 4.92. The highest BCUT2D eigenvalue weighted by atomic mass is 16.6. The topological polar surface area (TPSA) is 129 Å². The Kier molecular flexibility index (Phi) is 6.12. The maximum atomic E-state index is 12.2. The summed E-state index contributed by atoms with van der Waals surface area (Å²) in [5.41, 5.74) is 0.0673. The smallest absolute Gasteiger partial charge is 0.341 e. The lowest BCUT2D eigenvalue weighted by molar-refractivity contribution is -0.384. The zero-order chi connectivity index (χ0) is 20.8. The number of nitro groups is 1. The number of carbonyl (C=O) groups is 2. The normalized spacial score (nSPS) is 14.6. The van der Waals surface area contributed by atoms with E-state index in [4.69, 9.17) is 14.2 Å². The second kappa shape index (κ2) is 8.91. The molecule has 1 atom stereocenters. The first-order valence-corrected chi connectivity index (χ1v) is 8.76. The molecule has 1 heterocycles. The number of benzene rings is 2. The Hall–Kier alpha value is -3.82. The van der Waals surface area contributed by atoms with E-state index in [1.54, 1.807) is 19.2 Å². The van der Waals surface area contributed by atoms with E-state index in [0.29, 0.717) is 17.2 Å². The van der Waals surface area contributed by atoms with Gasteiger partial charge in [0.2, 0.25) is 0 Å². The average molecular weight is 401 g/mol. The predicted octanol–water partition coefficient (Wildman–Crippen LogP) is 1.75. The lowest BCUT2D eigenvalue weighted by Gasteiger charge is -2.26.